The van der Waals surface area contributed by atoms with Crippen LogP contribution < -0.4 is 0 Å². The fourth-order valence-electron chi connectivity index (χ4n) is 3.37. The van der Waals surface area contributed by atoms with E-state index in [4.69, 9.17) is 0 Å². The molecule has 11 heteroatoms. The van der Waals surface area contributed by atoms with Gasteiger partial charge in [-0.3, -0.25) is 0 Å². The maximum atomic E-state index is 13.6. The third-order valence-electron chi connectivity index (χ3n) is 4.80. The lowest BCUT2D eigenvalue weighted by molar-refractivity contribution is 0.578. The summed E-state index contributed by atoms with van der Waals surface area (Å²) >= 11 is 0.732. The lowest BCUT2D eigenvalue weighted by Gasteiger charge is -2.08. The number of hydrogen-bond acceptors (Lipinski definition) is 6. The normalized spacial score (nSPS) is 12.1. The molecule has 34 heavy (non-hydrogen) atoms. The summed E-state index contributed by atoms with van der Waals surface area (Å²) in [6, 6.07) is 13.6. The summed E-state index contributed by atoms with van der Waals surface area (Å²) in [6.45, 7) is 0. The van der Waals surface area contributed by atoms with E-state index in [2.05, 4.69) is 4.98 Å². The largest absolute Gasteiger partial charge is 0.224 e. The van der Waals surface area contributed by atoms with E-state index in [1.165, 1.54) is 42.5 Å². The van der Waals surface area contributed by atoms with Gasteiger partial charge in [-0.2, -0.15) is 0 Å². The molecule has 0 saturated carbocycles. The summed E-state index contributed by atoms with van der Waals surface area (Å²) in [6.07, 6.45) is 1.03. The number of halogens is 3. The van der Waals surface area contributed by atoms with Gasteiger partial charge in [0.05, 0.1) is 21.2 Å². The molecule has 176 valence electrons. The highest BCUT2D eigenvalue weighted by atomic mass is 32.2. The Bertz CT molecular complexity index is 1580. The lowest BCUT2D eigenvalue weighted by atomic mass is 10.1. The minimum Gasteiger partial charge on any atom is -0.224 e. The highest BCUT2D eigenvalue weighted by molar-refractivity contribution is 7.92. The quantitative estimate of drug-likeness (QED) is 0.344. The smallest absolute Gasteiger partial charge is 0.210 e. The summed E-state index contributed by atoms with van der Waals surface area (Å²) in [7, 11) is -7.86. The number of benzene rings is 3. The Hall–Kier alpha value is -3.02. The number of rotatable bonds is 6. The molecule has 1 heterocycles. The first kappa shape index (κ1) is 24.1. The van der Waals surface area contributed by atoms with Crippen LogP contribution in [0.5, 0.6) is 0 Å². The van der Waals surface area contributed by atoms with Crippen LogP contribution in [0.1, 0.15) is 5.56 Å². The molecule has 0 bridgehead atoms. The minimum absolute atomic E-state index is 0.0295. The molecule has 0 aliphatic carbocycles. The predicted octanol–water partition coefficient (Wildman–Crippen LogP) is 5.27. The maximum absolute atomic E-state index is 13.6. The first-order valence-electron chi connectivity index (χ1n) is 9.68. The molecule has 5 nitrogen and oxygen atoms in total. The first-order chi connectivity index (χ1) is 15.9. The monoisotopic (exact) mass is 523 g/mol. The van der Waals surface area contributed by atoms with Crippen molar-refractivity contribution in [3.05, 3.63) is 89.7 Å². The molecule has 0 radical (unpaired) electrons. The number of aromatic nitrogens is 1. The molecule has 4 aromatic rings. The second kappa shape index (κ2) is 8.97. The third kappa shape index (κ3) is 5.06. The van der Waals surface area contributed by atoms with Gasteiger partial charge in [-0.15, -0.1) is 11.3 Å². The van der Waals surface area contributed by atoms with Crippen LogP contribution in [0.2, 0.25) is 0 Å². The van der Waals surface area contributed by atoms with Crippen molar-refractivity contribution in [2.45, 2.75) is 15.0 Å². The Kier molecular flexibility index (Phi) is 6.36. The molecule has 4 rings (SSSR count). The van der Waals surface area contributed by atoms with Crippen molar-refractivity contribution in [2.75, 3.05) is 6.26 Å². The van der Waals surface area contributed by atoms with Gasteiger partial charge in [0, 0.05) is 23.4 Å². The van der Waals surface area contributed by atoms with Gasteiger partial charge in [-0.25, -0.2) is 35.0 Å². The fraction of sp³-hybridized carbons (Fsp3) is 0.0870. The molecule has 1 aromatic heterocycles. The Labute approximate surface area is 198 Å². The summed E-state index contributed by atoms with van der Waals surface area (Å²) in [5.41, 5.74) is 0.647. The van der Waals surface area contributed by atoms with Crippen LogP contribution in [0.25, 0.3) is 21.7 Å². The molecule has 0 spiro atoms. The first-order valence-corrected chi connectivity index (χ1v) is 14.0. The number of nitrogens with zero attached hydrogens (tertiary/aromatic N) is 1. The van der Waals surface area contributed by atoms with Gasteiger partial charge in [-0.1, -0.05) is 18.2 Å². The molecular weight excluding hydrogens is 507 g/mol. The van der Waals surface area contributed by atoms with Gasteiger partial charge in [0.15, 0.2) is 9.84 Å². The summed E-state index contributed by atoms with van der Waals surface area (Å²) in [4.78, 5) is 4.47. The van der Waals surface area contributed by atoms with Crippen molar-refractivity contribution in [3.63, 3.8) is 0 Å². The Morgan fingerprint density at radius 1 is 0.824 bits per heavy atom. The SMILES string of the molecule is CS(=O)(=O)c1ccccc1-c1sc(S(=O)(=O)Cc2cc(F)cc(F)c2)nc1-c1ccc(F)cc1. The third-order valence-corrected chi connectivity index (χ3v) is 9.19. The van der Waals surface area contributed by atoms with E-state index in [1.807, 2.05) is 0 Å². The van der Waals surface area contributed by atoms with Crippen molar-refractivity contribution in [3.8, 4) is 21.7 Å². The number of hydrogen-bond donors (Lipinski definition) is 0. The van der Waals surface area contributed by atoms with Crippen LogP contribution in [0.3, 0.4) is 0 Å². The summed E-state index contributed by atoms with van der Waals surface area (Å²) < 4.78 is 91.2. The van der Waals surface area contributed by atoms with Crippen LogP contribution in [-0.2, 0) is 25.4 Å². The lowest BCUT2D eigenvalue weighted by Crippen LogP contribution is -2.05. The summed E-state index contributed by atoms with van der Waals surface area (Å²) in [5.74, 6) is -3.07. The molecule has 0 fully saturated rings. The van der Waals surface area contributed by atoms with Crippen molar-refractivity contribution in [1.29, 1.82) is 0 Å². The van der Waals surface area contributed by atoms with E-state index < -0.39 is 42.9 Å². The Balaban J connectivity index is 1.91. The predicted molar refractivity (Wildman–Crippen MR) is 123 cm³/mol. The molecular formula is C23H16F3NO4S3. The second-order valence-electron chi connectivity index (χ2n) is 7.47. The Morgan fingerprint density at radius 2 is 1.44 bits per heavy atom. The van der Waals surface area contributed by atoms with Gasteiger partial charge >= 0.3 is 0 Å². The average molecular weight is 524 g/mol. The van der Waals surface area contributed by atoms with E-state index >= 15 is 0 Å². The molecule has 0 unspecified atom stereocenters. The molecule has 0 saturated heterocycles. The van der Waals surface area contributed by atoms with Crippen LogP contribution in [-0.4, -0.2) is 28.1 Å². The summed E-state index contributed by atoms with van der Waals surface area (Å²) in [5, 5.41) is 0. The van der Waals surface area contributed by atoms with E-state index in [0.717, 1.165) is 29.7 Å². The van der Waals surface area contributed by atoms with Gasteiger partial charge in [0.2, 0.25) is 14.2 Å². The van der Waals surface area contributed by atoms with Crippen molar-refractivity contribution in [2.24, 2.45) is 0 Å². The second-order valence-corrected chi connectivity index (χ2v) is 12.6. The topological polar surface area (TPSA) is 81.2 Å². The van der Waals surface area contributed by atoms with Gasteiger partial charge in [0.1, 0.15) is 17.5 Å². The van der Waals surface area contributed by atoms with Crippen LogP contribution in [0.4, 0.5) is 13.2 Å². The zero-order chi connectivity index (χ0) is 24.7. The van der Waals surface area contributed by atoms with E-state index in [0.29, 0.717) is 11.6 Å². The molecule has 0 atom stereocenters. The zero-order valence-corrected chi connectivity index (χ0v) is 19.9. The Morgan fingerprint density at radius 3 is 2.06 bits per heavy atom. The highest BCUT2D eigenvalue weighted by Gasteiger charge is 2.27. The minimum atomic E-state index is -4.17. The average Bonchev–Trinajstić information content (AvgIpc) is 3.19. The van der Waals surface area contributed by atoms with Crippen LogP contribution in [0.15, 0.2) is 76.0 Å². The van der Waals surface area contributed by atoms with Gasteiger partial charge in [0.25, 0.3) is 0 Å². The molecule has 3 aromatic carbocycles. The molecule has 0 N–H and O–H groups in total. The van der Waals surface area contributed by atoms with Gasteiger partial charge in [-0.05, 0) is 48.0 Å². The standard InChI is InChI=1S/C23H16F3NO4S3/c1-33(28,29)20-5-3-2-4-19(20)22-21(15-6-8-16(24)9-7-15)27-23(32-22)34(30,31)13-14-10-17(25)12-18(26)11-14/h2-12H,13H2,1H3. The van der Waals surface area contributed by atoms with E-state index in [1.54, 1.807) is 6.07 Å². The van der Waals surface area contributed by atoms with E-state index in [9.17, 15) is 30.0 Å². The zero-order valence-electron chi connectivity index (χ0n) is 17.5. The van der Waals surface area contributed by atoms with Crippen molar-refractivity contribution >= 4 is 31.0 Å². The molecule has 0 aliphatic heterocycles. The van der Waals surface area contributed by atoms with Crippen molar-refractivity contribution < 1.29 is 30.0 Å². The fourth-order valence-corrected chi connectivity index (χ4v) is 7.09. The highest BCUT2D eigenvalue weighted by Crippen LogP contribution is 2.41. The van der Waals surface area contributed by atoms with Gasteiger partial charge < -0.3 is 0 Å². The number of thiazole rings is 1. The maximum Gasteiger partial charge on any atom is 0.210 e. The van der Waals surface area contributed by atoms with Crippen LogP contribution in [0, 0.1) is 17.5 Å². The number of sulfone groups is 2. The van der Waals surface area contributed by atoms with Crippen molar-refractivity contribution in [1.82, 2.24) is 4.98 Å². The molecule has 0 amide bonds. The van der Waals surface area contributed by atoms with Crippen LogP contribution >= 0.6 is 11.3 Å². The molecule has 0 aliphatic rings. The van der Waals surface area contributed by atoms with E-state index in [-0.39, 0.29) is 30.9 Å².